The summed E-state index contributed by atoms with van der Waals surface area (Å²) in [5, 5.41) is 0.798. The predicted molar refractivity (Wildman–Crippen MR) is 97.5 cm³/mol. The lowest BCUT2D eigenvalue weighted by molar-refractivity contribution is 0.244. The lowest BCUT2D eigenvalue weighted by Gasteiger charge is -2.36. The van der Waals surface area contributed by atoms with Gasteiger partial charge in [-0.2, -0.15) is 15.0 Å². The number of nitrogens with zero attached hydrogens (tertiary/aromatic N) is 6. The van der Waals surface area contributed by atoms with Crippen LogP contribution in [0, 0.1) is 0 Å². The number of piperazine rings is 1. The molecule has 0 spiro atoms. The van der Waals surface area contributed by atoms with Crippen molar-refractivity contribution >= 4 is 29.2 Å². The maximum absolute atomic E-state index is 6.29. The summed E-state index contributed by atoms with van der Waals surface area (Å²) in [4.78, 5) is 19.3. The summed E-state index contributed by atoms with van der Waals surface area (Å²) in [5.74, 6) is 1.56. The topological polar surface area (TPSA) is 74.4 Å². The normalized spacial score (nSPS) is 15.5. The number of rotatable bonds is 4. The third kappa shape index (κ3) is 3.85. The van der Waals surface area contributed by atoms with E-state index >= 15 is 0 Å². The van der Waals surface area contributed by atoms with Gasteiger partial charge in [0.2, 0.25) is 11.9 Å². The van der Waals surface area contributed by atoms with Gasteiger partial charge in [-0.25, -0.2) is 0 Å². The van der Waals surface area contributed by atoms with E-state index in [9.17, 15) is 0 Å². The Hall–Kier alpha value is -2.12. The van der Waals surface area contributed by atoms with E-state index in [2.05, 4.69) is 30.8 Å². The predicted octanol–water partition coefficient (Wildman–Crippen LogP) is 1.50. The Morgan fingerprint density at radius 2 is 1.79 bits per heavy atom. The van der Waals surface area contributed by atoms with Crippen LogP contribution in [0.4, 0.5) is 17.6 Å². The molecule has 128 valence electrons. The van der Waals surface area contributed by atoms with Gasteiger partial charge in [-0.05, 0) is 12.1 Å². The summed E-state index contributed by atoms with van der Waals surface area (Å²) in [7, 11) is 3.78. The molecular weight excluding hydrogens is 326 g/mol. The van der Waals surface area contributed by atoms with Crippen molar-refractivity contribution in [2.75, 3.05) is 55.8 Å². The Balaban J connectivity index is 1.63. The zero-order valence-corrected chi connectivity index (χ0v) is 14.7. The molecule has 8 heteroatoms. The fraction of sp³-hybridized carbons (Fsp3) is 0.438. The molecule has 0 radical (unpaired) electrons. The number of nitrogen functional groups attached to an aromatic ring is 1. The average Bonchev–Trinajstić information content (AvgIpc) is 2.55. The maximum atomic E-state index is 6.29. The lowest BCUT2D eigenvalue weighted by atomic mass is 10.2. The monoisotopic (exact) mass is 347 g/mol. The van der Waals surface area contributed by atoms with Crippen molar-refractivity contribution in [3.63, 3.8) is 0 Å². The molecule has 1 saturated heterocycles. The Morgan fingerprint density at radius 1 is 1.08 bits per heavy atom. The Morgan fingerprint density at radius 3 is 2.46 bits per heavy atom. The third-order valence-corrected chi connectivity index (χ3v) is 4.34. The van der Waals surface area contributed by atoms with Gasteiger partial charge in [0, 0.05) is 40.3 Å². The van der Waals surface area contributed by atoms with Crippen LogP contribution in [0.15, 0.2) is 24.3 Å². The molecule has 0 aliphatic carbocycles. The molecule has 1 fully saturated rings. The van der Waals surface area contributed by atoms with Crippen molar-refractivity contribution in [2.24, 2.45) is 0 Å². The fourth-order valence-electron chi connectivity index (χ4n) is 2.75. The smallest absolute Gasteiger partial charge is 0.229 e. The highest BCUT2D eigenvalue weighted by Gasteiger charge is 2.20. The molecule has 1 aromatic heterocycles. The van der Waals surface area contributed by atoms with Gasteiger partial charge in [0.1, 0.15) is 5.82 Å². The number of halogens is 1. The van der Waals surface area contributed by atoms with Gasteiger partial charge < -0.3 is 15.5 Å². The van der Waals surface area contributed by atoms with Crippen LogP contribution in [-0.2, 0) is 6.54 Å². The van der Waals surface area contributed by atoms with Gasteiger partial charge >= 0.3 is 0 Å². The van der Waals surface area contributed by atoms with Crippen molar-refractivity contribution in [2.45, 2.75) is 6.54 Å². The summed E-state index contributed by atoms with van der Waals surface area (Å²) < 4.78 is 0. The zero-order chi connectivity index (χ0) is 17.1. The second-order valence-electron chi connectivity index (χ2n) is 6.02. The van der Waals surface area contributed by atoms with Gasteiger partial charge in [0.05, 0.1) is 17.3 Å². The van der Waals surface area contributed by atoms with E-state index in [1.807, 2.05) is 37.2 Å². The number of nitrogens with two attached hydrogens (primary N) is 1. The highest BCUT2D eigenvalue weighted by molar-refractivity contribution is 6.33. The molecule has 2 aromatic rings. The minimum absolute atomic E-state index is 0.262. The van der Waals surface area contributed by atoms with E-state index in [4.69, 9.17) is 17.3 Å². The van der Waals surface area contributed by atoms with E-state index in [1.54, 1.807) is 0 Å². The molecule has 3 rings (SSSR count). The van der Waals surface area contributed by atoms with Crippen molar-refractivity contribution in [3.8, 4) is 0 Å². The van der Waals surface area contributed by atoms with Crippen LogP contribution in [-0.4, -0.2) is 60.1 Å². The van der Waals surface area contributed by atoms with Crippen LogP contribution in [0.25, 0.3) is 0 Å². The van der Waals surface area contributed by atoms with E-state index in [-0.39, 0.29) is 5.95 Å². The number of benzene rings is 1. The molecular formula is C16H22ClN7. The van der Waals surface area contributed by atoms with Crippen molar-refractivity contribution in [1.29, 1.82) is 0 Å². The number of anilines is 3. The van der Waals surface area contributed by atoms with Crippen LogP contribution in [0.5, 0.6) is 0 Å². The Kier molecular flexibility index (Phi) is 5.01. The van der Waals surface area contributed by atoms with E-state index in [0.717, 1.165) is 36.9 Å². The fourth-order valence-corrected chi connectivity index (χ4v) is 3.01. The second-order valence-corrected chi connectivity index (χ2v) is 6.43. The molecule has 0 amide bonds. The van der Waals surface area contributed by atoms with E-state index in [0.29, 0.717) is 18.3 Å². The number of hydrogen-bond donors (Lipinski definition) is 1. The first-order valence-electron chi connectivity index (χ1n) is 7.92. The van der Waals surface area contributed by atoms with Crippen LogP contribution in [0.2, 0.25) is 5.02 Å². The highest BCUT2D eigenvalue weighted by atomic mass is 35.5. The molecule has 24 heavy (non-hydrogen) atoms. The summed E-state index contributed by atoms with van der Waals surface area (Å²) in [6.45, 7) is 4.36. The summed E-state index contributed by atoms with van der Waals surface area (Å²) >= 11 is 6.29. The molecule has 1 aromatic carbocycles. The summed E-state index contributed by atoms with van der Waals surface area (Å²) in [6.07, 6.45) is 0. The number of para-hydroxylation sites is 1. The summed E-state index contributed by atoms with van der Waals surface area (Å²) in [6, 6.07) is 7.97. The quantitative estimate of drug-likeness (QED) is 0.898. The summed E-state index contributed by atoms with van der Waals surface area (Å²) in [5.41, 5.74) is 6.88. The zero-order valence-electron chi connectivity index (χ0n) is 14.0. The molecule has 0 saturated carbocycles. The maximum Gasteiger partial charge on any atom is 0.229 e. The van der Waals surface area contributed by atoms with E-state index < -0.39 is 0 Å². The molecule has 7 nitrogen and oxygen atoms in total. The van der Waals surface area contributed by atoms with Gasteiger partial charge in [-0.1, -0.05) is 23.7 Å². The highest BCUT2D eigenvalue weighted by Crippen LogP contribution is 2.26. The molecule has 0 bridgehead atoms. The minimum Gasteiger partial charge on any atom is -0.368 e. The molecule has 1 aliphatic rings. The Bertz CT molecular complexity index is 699. The molecule has 2 N–H and O–H groups in total. The SMILES string of the molecule is CN(C)c1nc(N)nc(CN2CCN(c3ccccc3Cl)CC2)n1. The van der Waals surface area contributed by atoms with Crippen molar-refractivity contribution in [1.82, 2.24) is 19.9 Å². The molecule has 0 atom stereocenters. The second kappa shape index (κ2) is 7.19. The number of hydrogen-bond acceptors (Lipinski definition) is 7. The van der Waals surface area contributed by atoms with E-state index in [1.165, 1.54) is 0 Å². The van der Waals surface area contributed by atoms with Gasteiger partial charge in [-0.3, -0.25) is 4.90 Å². The van der Waals surface area contributed by atoms with Crippen molar-refractivity contribution in [3.05, 3.63) is 35.1 Å². The van der Waals surface area contributed by atoms with Gasteiger partial charge in [0.15, 0.2) is 0 Å². The first-order valence-corrected chi connectivity index (χ1v) is 8.30. The van der Waals surface area contributed by atoms with Crippen LogP contribution in [0.1, 0.15) is 5.82 Å². The number of aromatic nitrogens is 3. The van der Waals surface area contributed by atoms with Crippen molar-refractivity contribution < 1.29 is 0 Å². The van der Waals surface area contributed by atoms with Gasteiger partial charge in [0.25, 0.3) is 0 Å². The molecule has 2 heterocycles. The lowest BCUT2D eigenvalue weighted by Crippen LogP contribution is -2.46. The van der Waals surface area contributed by atoms with Crippen LogP contribution in [0.3, 0.4) is 0 Å². The Labute approximate surface area is 147 Å². The average molecular weight is 348 g/mol. The molecule has 0 unspecified atom stereocenters. The van der Waals surface area contributed by atoms with Crippen LogP contribution >= 0.6 is 11.6 Å². The minimum atomic E-state index is 0.262. The first-order chi connectivity index (χ1) is 11.5. The van der Waals surface area contributed by atoms with Gasteiger partial charge in [-0.15, -0.1) is 0 Å². The standard InChI is InChI=1S/C16H22ClN7/c1-22(2)16-20-14(19-15(18)21-16)11-23-7-9-24(10-8-23)13-6-4-3-5-12(13)17/h3-6H,7-11H2,1-2H3,(H2,18,19,20,21). The van der Waals surface area contributed by atoms with Crippen LogP contribution < -0.4 is 15.5 Å². The first kappa shape index (κ1) is 16.7. The molecule has 1 aliphatic heterocycles. The largest absolute Gasteiger partial charge is 0.368 e. The third-order valence-electron chi connectivity index (χ3n) is 4.02.